The van der Waals surface area contributed by atoms with Gasteiger partial charge in [-0.1, -0.05) is 6.07 Å². The number of aliphatic hydroxyl groups is 1. The quantitative estimate of drug-likeness (QED) is 0.615. The Morgan fingerprint density at radius 3 is 2.94 bits per heavy atom. The van der Waals surface area contributed by atoms with Crippen molar-refractivity contribution in [3.05, 3.63) is 64.9 Å². The predicted molar refractivity (Wildman–Crippen MR) is 118 cm³/mol. The summed E-state index contributed by atoms with van der Waals surface area (Å²) in [6.07, 6.45) is 5.94. The second-order valence-corrected chi connectivity index (χ2v) is 8.45. The minimum atomic E-state index is -0.813. The molecule has 0 bridgehead atoms. The van der Waals surface area contributed by atoms with Crippen LogP contribution >= 0.6 is 0 Å². The van der Waals surface area contributed by atoms with Crippen molar-refractivity contribution in [2.24, 2.45) is 7.05 Å². The number of benzene rings is 1. The van der Waals surface area contributed by atoms with Crippen LogP contribution in [0.4, 0.5) is 4.39 Å². The lowest BCUT2D eigenvalue weighted by Crippen LogP contribution is -2.48. The Labute approximate surface area is 190 Å². The number of ether oxygens (including phenoxy) is 2. The number of halogens is 1. The molecule has 172 valence electrons. The van der Waals surface area contributed by atoms with Gasteiger partial charge >= 0.3 is 0 Å². The average molecular weight is 452 g/mol. The Morgan fingerprint density at radius 2 is 2.21 bits per heavy atom. The predicted octanol–water partition coefficient (Wildman–Crippen LogP) is 2.03. The van der Waals surface area contributed by atoms with Crippen LogP contribution in [0.25, 0.3) is 11.3 Å². The fourth-order valence-electron chi connectivity index (χ4n) is 4.32. The molecule has 1 fully saturated rings. The topological polar surface area (TPSA) is 98.5 Å². The van der Waals surface area contributed by atoms with Gasteiger partial charge in [-0.2, -0.15) is 5.10 Å². The number of amides is 1. The zero-order chi connectivity index (χ0) is 22.9. The summed E-state index contributed by atoms with van der Waals surface area (Å²) in [6.45, 7) is 0.968. The van der Waals surface area contributed by atoms with Crippen LogP contribution in [0, 0.1) is 5.82 Å². The van der Waals surface area contributed by atoms with E-state index in [1.807, 2.05) is 25.4 Å². The van der Waals surface area contributed by atoms with Crippen molar-refractivity contribution < 1.29 is 23.8 Å². The fourth-order valence-corrected chi connectivity index (χ4v) is 4.32. The Bertz CT molecular complexity index is 1180. The maximum Gasteiger partial charge on any atom is 0.254 e. The number of pyridine rings is 1. The third-order valence-corrected chi connectivity index (χ3v) is 6.09. The molecule has 2 aromatic heterocycles. The summed E-state index contributed by atoms with van der Waals surface area (Å²) in [5.41, 5.74) is 3.76. The van der Waals surface area contributed by atoms with Crippen molar-refractivity contribution in [1.82, 2.24) is 20.1 Å². The highest BCUT2D eigenvalue weighted by atomic mass is 19.1. The highest BCUT2D eigenvalue weighted by molar-refractivity contribution is 5.95. The van der Waals surface area contributed by atoms with Gasteiger partial charge in [0.05, 0.1) is 42.8 Å². The van der Waals surface area contributed by atoms with Crippen LogP contribution in [-0.2, 0) is 24.6 Å². The molecule has 2 N–H and O–H groups in total. The molecule has 0 aliphatic carbocycles. The van der Waals surface area contributed by atoms with E-state index < -0.39 is 23.9 Å². The number of nitrogens with one attached hydrogen (secondary N) is 1. The molecule has 1 amide bonds. The molecule has 0 unspecified atom stereocenters. The molecule has 0 saturated carbocycles. The summed E-state index contributed by atoms with van der Waals surface area (Å²) in [5.74, 6) is -0.596. The number of aliphatic hydroxyl groups excluding tert-OH is 1. The van der Waals surface area contributed by atoms with E-state index in [1.54, 1.807) is 23.1 Å². The lowest BCUT2D eigenvalue weighted by atomic mass is 9.96. The smallest absolute Gasteiger partial charge is 0.254 e. The van der Waals surface area contributed by atoms with Crippen molar-refractivity contribution in [3.63, 3.8) is 0 Å². The average Bonchev–Trinajstić information content (AvgIpc) is 3.47. The lowest BCUT2D eigenvalue weighted by Gasteiger charge is -2.28. The summed E-state index contributed by atoms with van der Waals surface area (Å²) >= 11 is 0. The minimum Gasteiger partial charge on any atom is -0.493 e. The van der Waals surface area contributed by atoms with Crippen molar-refractivity contribution >= 4 is 5.91 Å². The monoisotopic (exact) mass is 452 g/mol. The zero-order valence-corrected chi connectivity index (χ0v) is 18.3. The molecule has 4 heterocycles. The van der Waals surface area contributed by atoms with Crippen LogP contribution in [-0.4, -0.2) is 57.7 Å². The maximum atomic E-state index is 15.2. The first-order chi connectivity index (χ1) is 16.0. The molecule has 2 atom stereocenters. The molecule has 0 radical (unpaired) electrons. The third-order valence-electron chi connectivity index (χ3n) is 6.09. The van der Waals surface area contributed by atoms with E-state index in [1.165, 1.54) is 0 Å². The van der Waals surface area contributed by atoms with Gasteiger partial charge in [0.25, 0.3) is 5.91 Å². The molecular weight excluding hydrogens is 427 g/mol. The van der Waals surface area contributed by atoms with Crippen LogP contribution in [0.2, 0.25) is 0 Å². The van der Waals surface area contributed by atoms with E-state index in [0.29, 0.717) is 43.8 Å². The van der Waals surface area contributed by atoms with Crippen molar-refractivity contribution in [3.8, 4) is 17.0 Å². The van der Waals surface area contributed by atoms with Crippen LogP contribution in [0.3, 0.4) is 0 Å². The molecular formula is C24H25FN4O4. The van der Waals surface area contributed by atoms with E-state index in [4.69, 9.17) is 9.47 Å². The number of carbonyl (C=O) groups is 1. The van der Waals surface area contributed by atoms with Gasteiger partial charge in [0, 0.05) is 50.0 Å². The molecule has 1 aromatic carbocycles. The van der Waals surface area contributed by atoms with Crippen LogP contribution in [0.15, 0.2) is 36.8 Å². The second kappa shape index (κ2) is 8.92. The van der Waals surface area contributed by atoms with Gasteiger partial charge in [-0.25, -0.2) is 4.39 Å². The van der Waals surface area contributed by atoms with Gasteiger partial charge in [0.1, 0.15) is 11.6 Å². The normalized spacial score (nSPS) is 19.7. The first-order valence-electron chi connectivity index (χ1n) is 11.0. The molecule has 33 heavy (non-hydrogen) atoms. The number of carbonyl (C=O) groups excluding carboxylic acids is 1. The Kier molecular flexibility index (Phi) is 5.82. The summed E-state index contributed by atoms with van der Waals surface area (Å²) in [7, 11) is 1.85. The largest absolute Gasteiger partial charge is 0.493 e. The number of fused-ring (bicyclic) bond motifs is 1. The van der Waals surface area contributed by atoms with Gasteiger partial charge in [-0.15, -0.1) is 0 Å². The van der Waals surface area contributed by atoms with Crippen LogP contribution < -0.4 is 10.1 Å². The molecule has 2 aliphatic rings. The minimum absolute atomic E-state index is 0.0344. The van der Waals surface area contributed by atoms with Gasteiger partial charge in [-0.3, -0.25) is 14.5 Å². The Balaban J connectivity index is 1.40. The number of aryl methyl sites for hydroxylation is 1. The van der Waals surface area contributed by atoms with E-state index in [0.717, 1.165) is 22.4 Å². The molecule has 9 heteroatoms. The van der Waals surface area contributed by atoms with Gasteiger partial charge in [0.15, 0.2) is 0 Å². The first kappa shape index (κ1) is 21.5. The first-order valence-corrected chi connectivity index (χ1v) is 11.0. The molecule has 8 nitrogen and oxygen atoms in total. The standard InChI is InChI=1S/C24H25FN4O4/c1-29-12-16(11-27-29)19-3-2-14(10-26-19)8-15-9-18(22(25)17-4-7-33-23(15)17)24(31)28-20-5-6-32-13-21(20)30/h2-3,9-12,20-21,30H,4-8,13H2,1H3,(H,28,31)/t20-,21-/m0/s1. The van der Waals surface area contributed by atoms with Crippen LogP contribution in [0.5, 0.6) is 5.75 Å². The molecule has 1 saturated heterocycles. The van der Waals surface area contributed by atoms with Gasteiger partial charge in [-0.05, 0) is 29.7 Å². The Hall–Kier alpha value is -3.30. The van der Waals surface area contributed by atoms with Crippen molar-refractivity contribution in [1.29, 1.82) is 0 Å². The van der Waals surface area contributed by atoms with Crippen LogP contribution in [0.1, 0.15) is 33.5 Å². The zero-order valence-electron chi connectivity index (χ0n) is 18.3. The maximum absolute atomic E-state index is 15.2. The highest BCUT2D eigenvalue weighted by Gasteiger charge is 2.30. The number of nitrogens with zero attached hydrogens (tertiary/aromatic N) is 3. The van der Waals surface area contributed by atoms with E-state index >= 15 is 4.39 Å². The summed E-state index contributed by atoms with van der Waals surface area (Å²) in [4.78, 5) is 17.4. The number of aromatic nitrogens is 3. The van der Waals surface area contributed by atoms with E-state index in [-0.39, 0.29) is 12.2 Å². The number of hydrogen-bond donors (Lipinski definition) is 2. The van der Waals surface area contributed by atoms with Crippen molar-refractivity contribution in [2.75, 3.05) is 19.8 Å². The summed E-state index contributed by atoms with van der Waals surface area (Å²) in [5, 5.41) is 17.0. The molecule has 5 rings (SSSR count). The van der Waals surface area contributed by atoms with Gasteiger partial charge in [0.2, 0.25) is 0 Å². The lowest BCUT2D eigenvalue weighted by molar-refractivity contribution is -0.0261. The van der Waals surface area contributed by atoms with Gasteiger partial charge < -0.3 is 19.9 Å². The highest BCUT2D eigenvalue weighted by Crippen LogP contribution is 2.35. The third kappa shape index (κ3) is 4.34. The molecule has 3 aromatic rings. The number of rotatable bonds is 5. The molecule has 2 aliphatic heterocycles. The number of hydrogen-bond acceptors (Lipinski definition) is 6. The van der Waals surface area contributed by atoms with E-state index in [9.17, 15) is 9.90 Å². The SMILES string of the molecule is Cn1cc(-c2ccc(Cc3cc(C(=O)N[C@H]4CCOC[C@@H]4O)c(F)c4c3OCC4)cn2)cn1. The van der Waals surface area contributed by atoms with E-state index in [2.05, 4.69) is 15.4 Å². The fraction of sp³-hybridized carbons (Fsp3) is 0.375. The summed E-state index contributed by atoms with van der Waals surface area (Å²) in [6, 6.07) is 4.95. The molecule has 0 spiro atoms. The second-order valence-electron chi connectivity index (χ2n) is 8.45. The van der Waals surface area contributed by atoms with Crippen molar-refractivity contribution in [2.45, 2.75) is 31.4 Å². The summed E-state index contributed by atoms with van der Waals surface area (Å²) < 4.78 is 27.8. The Morgan fingerprint density at radius 1 is 1.33 bits per heavy atom.